The highest BCUT2D eigenvalue weighted by Crippen LogP contribution is 2.24. The maximum absolute atomic E-state index is 12.2. The molecule has 21 heavy (non-hydrogen) atoms. The number of nitrogens with one attached hydrogen (secondary N) is 1. The molecule has 1 rings (SSSR count). The van der Waals surface area contributed by atoms with Gasteiger partial charge in [0.25, 0.3) is 0 Å². The van der Waals surface area contributed by atoms with Crippen molar-refractivity contribution in [3.05, 3.63) is 35.4 Å². The Morgan fingerprint density at radius 1 is 1.14 bits per heavy atom. The molecule has 0 fully saturated rings. The third kappa shape index (κ3) is 6.31. The van der Waals surface area contributed by atoms with E-state index >= 15 is 0 Å². The first-order chi connectivity index (χ1) is 9.88. The fraction of sp³-hybridized carbons (Fsp3) is 0.667. The van der Waals surface area contributed by atoms with Gasteiger partial charge < -0.3 is 5.32 Å². The fourth-order valence-electron chi connectivity index (χ4n) is 2.31. The zero-order valence-corrected chi connectivity index (χ0v) is 15.1. The van der Waals surface area contributed by atoms with Gasteiger partial charge in [-0.3, -0.25) is 4.21 Å². The van der Waals surface area contributed by atoms with E-state index in [1.807, 2.05) is 0 Å². The lowest BCUT2D eigenvalue weighted by Gasteiger charge is -2.22. The Morgan fingerprint density at radius 2 is 1.76 bits per heavy atom. The summed E-state index contributed by atoms with van der Waals surface area (Å²) >= 11 is 0. The normalized spacial score (nSPS) is 14.9. The Hall–Kier alpha value is -0.670. The first kappa shape index (κ1) is 18.4. The minimum absolute atomic E-state index is 0.177. The number of hydrogen-bond acceptors (Lipinski definition) is 2. The summed E-state index contributed by atoms with van der Waals surface area (Å²) in [6.07, 6.45) is 2.16. The molecule has 0 spiro atoms. The second-order valence-electron chi connectivity index (χ2n) is 6.65. The van der Waals surface area contributed by atoms with E-state index in [1.54, 1.807) is 0 Å². The number of rotatable bonds is 8. The Kier molecular flexibility index (Phi) is 7.61. The van der Waals surface area contributed by atoms with Crippen LogP contribution in [0, 0.1) is 0 Å². The first-order valence-corrected chi connectivity index (χ1v) is 9.56. The minimum atomic E-state index is -0.737. The zero-order chi connectivity index (χ0) is 15.9. The van der Waals surface area contributed by atoms with Crippen molar-refractivity contribution in [2.75, 3.05) is 18.1 Å². The summed E-state index contributed by atoms with van der Waals surface area (Å²) in [5, 5.41) is 3.47. The molecule has 1 aromatic carbocycles. The van der Waals surface area contributed by atoms with E-state index < -0.39 is 10.8 Å². The predicted octanol–water partition coefficient (Wildman–Crippen LogP) is 4.18. The highest BCUT2D eigenvalue weighted by atomic mass is 32.2. The van der Waals surface area contributed by atoms with E-state index in [-0.39, 0.29) is 11.5 Å². The number of unbranched alkanes of at least 4 members (excludes halogenated alkanes) is 1. The number of hydrogen-bond donors (Lipinski definition) is 1. The average Bonchev–Trinajstić information content (AvgIpc) is 2.44. The van der Waals surface area contributed by atoms with Crippen molar-refractivity contribution in [1.82, 2.24) is 5.32 Å². The van der Waals surface area contributed by atoms with Gasteiger partial charge in [0, 0.05) is 28.3 Å². The lowest BCUT2D eigenvalue weighted by Crippen LogP contribution is -2.27. The van der Waals surface area contributed by atoms with Crippen LogP contribution in [0.4, 0.5) is 0 Å². The zero-order valence-electron chi connectivity index (χ0n) is 14.2. The Bertz CT molecular complexity index is 434. The third-order valence-electron chi connectivity index (χ3n) is 3.71. The Labute approximate surface area is 133 Å². The monoisotopic (exact) mass is 309 g/mol. The van der Waals surface area contributed by atoms with E-state index in [0.717, 1.165) is 25.1 Å². The van der Waals surface area contributed by atoms with Crippen LogP contribution in [-0.4, -0.2) is 22.3 Å². The molecule has 0 saturated carbocycles. The van der Waals surface area contributed by atoms with Crippen molar-refractivity contribution in [3.8, 4) is 0 Å². The molecule has 120 valence electrons. The van der Waals surface area contributed by atoms with Crippen LogP contribution in [0.25, 0.3) is 0 Å². The van der Waals surface area contributed by atoms with Crippen molar-refractivity contribution in [3.63, 3.8) is 0 Å². The van der Waals surface area contributed by atoms with Crippen LogP contribution >= 0.6 is 0 Å². The molecule has 0 aliphatic heterocycles. The molecule has 3 heteroatoms. The summed E-state index contributed by atoms with van der Waals surface area (Å²) in [7, 11) is -0.737. The molecule has 2 nitrogen and oxygen atoms in total. The van der Waals surface area contributed by atoms with Crippen LogP contribution in [0.1, 0.15) is 64.6 Å². The van der Waals surface area contributed by atoms with Gasteiger partial charge in [-0.15, -0.1) is 0 Å². The van der Waals surface area contributed by atoms with Gasteiger partial charge in [0.1, 0.15) is 0 Å². The Morgan fingerprint density at radius 3 is 2.24 bits per heavy atom. The van der Waals surface area contributed by atoms with Crippen LogP contribution in [0.3, 0.4) is 0 Å². The third-order valence-corrected chi connectivity index (χ3v) is 5.16. The van der Waals surface area contributed by atoms with Gasteiger partial charge in [0.15, 0.2) is 0 Å². The van der Waals surface area contributed by atoms with Crippen LogP contribution in [0.5, 0.6) is 0 Å². The second kappa shape index (κ2) is 8.70. The van der Waals surface area contributed by atoms with E-state index in [4.69, 9.17) is 0 Å². The molecule has 1 aromatic rings. The quantitative estimate of drug-likeness (QED) is 0.780. The van der Waals surface area contributed by atoms with Crippen molar-refractivity contribution in [1.29, 1.82) is 0 Å². The predicted molar refractivity (Wildman–Crippen MR) is 94.3 cm³/mol. The molecule has 0 aliphatic carbocycles. The van der Waals surface area contributed by atoms with Crippen LogP contribution in [0.15, 0.2) is 24.3 Å². The minimum Gasteiger partial charge on any atom is -0.309 e. The molecule has 0 radical (unpaired) electrons. The summed E-state index contributed by atoms with van der Waals surface area (Å²) in [6.45, 7) is 11.8. The van der Waals surface area contributed by atoms with E-state index in [9.17, 15) is 4.21 Å². The summed E-state index contributed by atoms with van der Waals surface area (Å²) in [5.74, 6) is 1.53. The molecule has 0 amide bonds. The van der Waals surface area contributed by atoms with Gasteiger partial charge in [-0.25, -0.2) is 0 Å². The van der Waals surface area contributed by atoms with Gasteiger partial charge in [-0.05, 0) is 29.5 Å². The van der Waals surface area contributed by atoms with Gasteiger partial charge in [-0.1, -0.05) is 65.3 Å². The topological polar surface area (TPSA) is 29.1 Å². The highest BCUT2D eigenvalue weighted by molar-refractivity contribution is 7.85. The molecular formula is C18H31NOS. The standard InChI is InChI=1S/C18H31NOS/c1-6-8-13-21(20)14-17(19-7-2)15-9-11-16(12-10-15)18(3,4)5/h9-12,17,19H,6-8,13-14H2,1-5H3. The summed E-state index contributed by atoms with van der Waals surface area (Å²) < 4.78 is 12.2. The van der Waals surface area contributed by atoms with Crippen molar-refractivity contribution in [2.24, 2.45) is 0 Å². The SMILES string of the molecule is CCCCS(=O)CC(NCC)c1ccc(C(C)(C)C)cc1. The second-order valence-corrected chi connectivity index (χ2v) is 8.27. The smallest absolute Gasteiger partial charge is 0.0436 e. The Balaban J connectivity index is 2.78. The summed E-state index contributed by atoms with van der Waals surface area (Å²) in [4.78, 5) is 0. The molecule has 0 aliphatic rings. The van der Waals surface area contributed by atoms with Crippen molar-refractivity contribution >= 4 is 10.8 Å². The molecular weight excluding hydrogens is 278 g/mol. The molecule has 1 N–H and O–H groups in total. The molecule has 2 unspecified atom stereocenters. The maximum atomic E-state index is 12.2. The lowest BCUT2D eigenvalue weighted by atomic mass is 9.86. The molecule has 0 aromatic heterocycles. The summed E-state index contributed by atoms with van der Waals surface area (Å²) in [6, 6.07) is 8.97. The van der Waals surface area contributed by atoms with Gasteiger partial charge in [0.2, 0.25) is 0 Å². The highest BCUT2D eigenvalue weighted by Gasteiger charge is 2.17. The molecule has 2 atom stereocenters. The van der Waals surface area contributed by atoms with Crippen molar-refractivity contribution in [2.45, 2.75) is 58.9 Å². The molecule has 0 heterocycles. The molecule has 0 bridgehead atoms. The van der Waals surface area contributed by atoms with Gasteiger partial charge in [0.05, 0.1) is 0 Å². The van der Waals surface area contributed by atoms with E-state index in [0.29, 0.717) is 5.75 Å². The van der Waals surface area contributed by atoms with Crippen molar-refractivity contribution < 1.29 is 4.21 Å². The molecule has 0 saturated heterocycles. The largest absolute Gasteiger partial charge is 0.309 e. The number of benzene rings is 1. The fourth-order valence-corrected chi connectivity index (χ4v) is 3.77. The van der Waals surface area contributed by atoms with E-state index in [2.05, 4.69) is 64.2 Å². The first-order valence-electron chi connectivity index (χ1n) is 8.07. The van der Waals surface area contributed by atoms with Crippen LogP contribution in [-0.2, 0) is 16.2 Å². The maximum Gasteiger partial charge on any atom is 0.0436 e. The van der Waals surface area contributed by atoms with Crippen LogP contribution in [0.2, 0.25) is 0 Å². The average molecular weight is 310 g/mol. The summed E-state index contributed by atoms with van der Waals surface area (Å²) in [5.41, 5.74) is 2.76. The van der Waals surface area contributed by atoms with Crippen LogP contribution < -0.4 is 5.32 Å². The van der Waals surface area contributed by atoms with E-state index in [1.165, 1.54) is 11.1 Å². The van der Waals surface area contributed by atoms with Gasteiger partial charge in [-0.2, -0.15) is 0 Å². The lowest BCUT2D eigenvalue weighted by molar-refractivity contribution is 0.581. The van der Waals surface area contributed by atoms with Gasteiger partial charge >= 0.3 is 0 Å².